The van der Waals surface area contributed by atoms with Gasteiger partial charge in [-0.2, -0.15) is 0 Å². The third kappa shape index (κ3) is 1.91. The Labute approximate surface area is 132 Å². The monoisotopic (exact) mass is 302 g/mol. The lowest BCUT2D eigenvalue weighted by molar-refractivity contribution is -0.121. The molecule has 4 aliphatic carbocycles. The number of hydrogen-bond donors (Lipinski definition) is 1. The minimum absolute atomic E-state index is 0.0941. The van der Waals surface area contributed by atoms with Crippen LogP contribution >= 0.6 is 0 Å². The quantitative estimate of drug-likeness (QED) is 0.810. The molecule has 4 aliphatic rings. The predicted molar refractivity (Wildman–Crippen MR) is 84.3 cm³/mol. The highest BCUT2D eigenvalue weighted by molar-refractivity contribution is 5.98. The molecule has 0 spiro atoms. The standard InChI is InChI=1S/C19H26O3/c1-19-8-7-12-13(15(19)5-6-18(19)21)4-3-11-9-16(20)17(22-2)10-14(11)12/h9-10,12-13,15,17-18,21H,3-8H2,1-2H3/t12-,13+,15-,17-,18-,19-/m0/s1. The van der Waals surface area contributed by atoms with E-state index in [4.69, 9.17) is 4.74 Å². The molecule has 0 unspecified atom stereocenters. The van der Waals surface area contributed by atoms with E-state index in [1.54, 1.807) is 7.11 Å². The molecule has 1 N–H and O–H groups in total. The number of carbonyl (C=O) groups excluding carboxylic acids is 1. The Kier molecular flexibility index (Phi) is 3.35. The average Bonchev–Trinajstić information content (AvgIpc) is 2.82. The van der Waals surface area contributed by atoms with Crippen molar-refractivity contribution in [3.05, 3.63) is 23.3 Å². The molecule has 0 amide bonds. The van der Waals surface area contributed by atoms with E-state index in [1.807, 2.05) is 6.08 Å². The van der Waals surface area contributed by atoms with Crippen molar-refractivity contribution >= 4 is 5.78 Å². The molecule has 3 fully saturated rings. The second-order valence-electron chi connectivity index (χ2n) is 7.90. The molecule has 0 aromatic carbocycles. The van der Waals surface area contributed by atoms with Crippen LogP contribution in [0.2, 0.25) is 0 Å². The van der Waals surface area contributed by atoms with Crippen LogP contribution in [0.4, 0.5) is 0 Å². The van der Waals surface area contributed by atoms with Gasteiger partial charge in [0.1, 0.15) is 6.10 Å². The van der Waals surface area contributed by atoms with E-state index in [2.05, 4.69) is 13.0 Å². The van der Waals surface area contributed by atoms with E-state index in [-0.39, 0.29) is 23.4 Å². The van der Waals surface area contributed by atoms with Crippen molar-refractivity contribution in [1.29, 1.82) is 0 Å². The first-order valence-corrected chi connectivity index (χ1v) is 8.72. The van der Waals surface area contributed by atoms with Crippen molar-refractivity contribution in [1.82, 2.24) is 0 Å². The number of methoxy groups -OCH3 is 1. The van der Waals surface area contributed by atoms with Gasteiger partial charge in [-0.3, -0.25) is 4.79 Å². The molecule has 0 aliphatic heterocycles. The van der Waals surface area contributed by atoms with Crippen molar-refractivity contribution in [2.75, 3.05) is 7.11 Å². The lowest BCUT2D eigenvalue weighted by atomic mass is 9.54. The van der Waals surface area contributed by atoms with E-state index in [9.17, 15) is 9.90 Å². The highest BCUT2D eigenvalue weighted by atomic mass is 16.5. The van der Waals surface area contributed by atoms with Gasteiger partial charge < -0.3 is 9.84 Å². The second kappa shape index (κ2) is 5.04. The number of ketones is 1. The van der Waals surface area contributed by atoms with Crippen LogP contribution < -0.4 is 0 Å². The average molecular weight is 302 g/mol. The summed E-state index contributed by atoms with van der Waals surface area (Å²) in [4.78, 5) is 12.0. The molecule has 22 heavy (non-hydrogen) atoms. The predicted octanol–water partition coefficient (Wildman–Crippen LogP) is 3.03. The molecule has 0 heterocycles. The number of rotatable bonds is 1. The fourth-order valence-electron chi connectivity index (χ4n) is 5.82. The number of aliphatic hydroxyl groups excluding tert-OH is 1. The number of hydrogen-bond acceptors (Lipinski definition) is 3. The lowest BCUT2D eigenvalue weighted by Gasteiger charge is -2.51. The number of aliphatic hydroxyl groups is 1. The summed E-state index contributed by atoms with van der Waals surface area (Å²) in [7, 11) is 1.62. The molecule has 120 valence electrons. The number of fused-ring (bicyclic) bond motifs is 5. The van der Waals surface area contributed by atoms with Gasteiger partial charge in [-0.25, -0.2) is 0 Å². The molecular formula is C19H26O3. The van der Waals surface area contributed by atoms with Gasteiger partial charge in [-0.05, 0) is 85.0 Å². The van der Waals surface area contributed by atoms with Crippen molar-refractivity contribution in [2.45, 2.75) is 57.7 Å². The summed E-state index contributed by atoms with van der Waals surface area (Å²) in [5, 5.41) is 10.4. The van der Waals surface area contributed by atoms with E-state index in [0.29, 0.717) is 17.8 Å². The van der Waals surface area contributed by atoms with Crippen LogP contribution in [0.1, 0.15) is 45.4 Å². The number of carbonyl (C=O) groups is 1. The van der Waals surface area contributed by atoms with Crippen LogP contribution in [0.5, 0.6) is 0 Å². The molecule has 0 saturated heterocycles. The second-order valence-corrected chi connectivity index (χ2v) is 7.90. The molecule has 3 saturated carbocycles. The first-order valence-electron chi connectivity index (χ1n) is 8.72. The maximum Gasteiger partial charge on any atom is 0.188 e. The largest absolute Gasteiger partial charge is 0.393 e. The molecule has 0 aromatic heterocycles. The number of allylic oxidation sites excluding steroid dienone is 2. The Morgan fingerprint density at radius 3 is 2.86 bits per heavy atom. The fourth-order valence-corrected chi connectivity index (χ4v) is 5.82. The summed E-state index contributed by atoms with van der Waals surface area (Å²) < 4.78 is 5.35. The molecule has 3 heteroatoms. The van der Waals surface area contributed by atoms with Crippen LogP contribution in [-0.2, 0) is 9.53 Å². The molecule has 0 radical (unpaired) electrons. The third-order valence-corrected chi connectivity index (χ3v) is 7.09. The van der Waals surface area contributed by atoms with Gasteiger partial charge in [-0.1, -0.05) is 6.92 Å². The van der Waals surface area contributed by atoms with Gasteiger partial charge in [0, 0.05) is 7.11 Å². The van der Waals surface area contributed by atoms with E-state index in [1.165, 1.54) is 17.6 Å². The summed E-state index contributed by atoms with van der Waals surface area (Å²) in [5.41, 5.74) is 2.75. The minimum atomic E-state index is -0.389. The van der Waals surface area contributed by atoms with Crippen LogP contribution in [0.15, 0.2) is 23.3 Å². The fraction of sp³-hybridized carbons (Fsp3) is 0.737. The maximum atomic E-state index is 12.0. The Morgan fingerprint density at radius 2 is 2.09 bits per heavy atom. The lowest BCUT2D eigenvalue weighted by Crippen LogP contribution is -2.45. The summed E-state index contributed by atoms with van der Waals surface area (Å²) in [6.45, 7) is 2.30. The Bertz CT molecular complexity index is 561. The van der Waals surface area contributed by atoms with Crippen molar-refractivity contribution in [3.8, 4) is 0 Å². The Morgan fingerprint density at radius 1 is 1.27 bits per heavy atom. The normalized spacial score (nSPS) is 47.2. The maximum absolute atomic E-state index is 12.0. The smallest absolute Gasteiger partial charge is 0.188 e. The van der Waals surface area contributed by atoms with E-state index in [0.717, 1.165) is 32.1 Å². The van der Waals surface area contributed by atoms with Gasteiger partial charge in [0.2, 0.25) is 0 Å². The Balaban J connectivity index is 1.67. The zero-order valence-corrected chi connectivity index (χ0v) is 13.5. The molecule has 4 rings (SSSR count). The molecular weight excluding hydrogens is 276 g/mol. The van der Waals surface area contributed by atoms with Gasteiger partial charge >= 0.3 is 0 Å². The van der Waals surface area contributed by atoms with Gasteiger partial charge in [0.05, 0.1) is 6.10 Å². The molecule has 6 atom stereocenters. The SMILES string of the molecule is CO[C@H]1C=C2C(=CC1=O)CC[C@@H]1[C@@H]2CC[C@]2(C)[C@@H](O)CC[C@@H]12. The van der Waals surface area contributed by atoms with Gasteiger partial charge in [0.15, 0.2) is 5.78 Å². The van der Waals surface area contributed by atoms with Gasteiger partial charge in [-0.15, -0.1) is 0 Å². The minimum Gasteiger partial charge on any atom is -0.393 e. The highest BCUT2D eigenvalue weighted by Gasteiger charge is 2.55. The molecule has 0 aromatic rings. The van der Waals surface area contributed by atoms with E-state index >= 15 is 0 Å². The van der Waals surface area contributed by atoms with Crippen molar-refractivity contribution in [3.63, 3.8) is 0 Å². The van der Waals surface area contributed by atoms with Crippen LogP contribution in [0.3, 0.4) is 0 Å². The van der Waals surface area contributed by atoms with Crippen LogP contribution in [0, 0.1) is 23.2 Å². The molecule has 0 bridgehead atoms. The third-order valence-electron chi connectivity index (χ3n) is 7.09. The molecule has 3 nitrogen and oxygen atoms in total. The number of ether oxygens (including phenoxy) is 1. The van der Waals surface area contributed by atoms with Gasteiger partial charge in [0.25, 0.3) is 0 Å². The summed E-state index contributed by atoms with van der Waals surface area (Å²) in [5.74, 6) is 1.97. The van der Waals surface area contributed by atoms with Crippen LogP contribution in [-0.4, -0.2) is 30.2 Å². The van der Waals surface area contributed by atoms with Crippen molar-refractivity contribution in [2.24, 2.45) is 23.2 Å². The summed E-state index contributed by atoms with van der Waals surface area (Å²) in [6.07, 6.45) is 9.97. The Hall–Kier alpha value is -0.930. The van der Waals surface area contributed by atoms with Crippen molar-refractivity contribution < 1.29 is 14.6 Å². The first-order chi connectivity index (χ1) is 10.5. The zero-order valence-electron chi connectivity index (χ0n) is 13.5. The van der Waals surface area contributed by atoms with E-state index < -0.39 is 0 Å². The topological polar surface area (TPSA) is 46.5 Å². The van der Waals surface area contributed by atoms with Crippen LogP contribution in [0.25, 0.3) is 0 Å². The zero-order chi connectivity index (χ0) is 15.5. The highest BCUT2D eigenvalue weighted by Crippen LogP contribution is 2.61. The first kappa shape index (κ1) is 14.6. The summed E-state index contributed by atoms with van der Waals surface area (Å²) >= 11 is 0. The summed E-state index contributed by atoms with van der Waals surface area (Å²) in [6, 6.07) is 0.